The summed E-state index contributed by atoms with van der Waals surface area (Å²) in [6, 6.07) is 9.53. The first-order valence-corrected chi connectivity index (χ1v) is 8.30. The molecule has 0 spiro atoms. The first-order valence-electron chi connectivity index (χ1n) is 8.30. The lowest BCUT2D eigenvalue weighted by atomic mass is 9.48. The van der Waals surface area contributed by atoms with Gasteiger partial charge in [-0.15, -0.1) is 0 Å². The van der Waals surface area contributed by atoms with E-state index in [2.05, 4.69) is 10.6 Å². The van der Waals surface area contributed by atoms with Gasteiger partial charge in [0.2, 0.25) is 6.41 Å². The molecule has 1 aromatic carbocycles. The lowest BCUT2D eigenvalue weighted by Crippen LogP contribution is -2.70. The number of carbonyl (C=O) groups is 2. The topological polar surface area (TPSA) is 58.2 Å². The zero-order chi connectivity index (χ0) is 15.2. The SMILES string of the molecule is O=CNC1(C(=O)Nc2ccccc2)C2CC3CC(C2)CC1C3. The molecular formula is C18H22N2O2. The molecule has 0 unspecified atom stereocenters. The normalized spacial score (nSPS) is 38.5. The lowest BCUT2D eigenvalue weighted by Gasteiger charge is -2.59. The van der Waals surface area contributed by atoms with Crippen LogP contribution in [-0.2, 0) is 9.59 Å². The van der Waals surface area contributed by atoms with E-state index in [-0.39, 0.29) is 17.7 Å². The van der Waals surface area contributed by atoms with E-state index in [1.807, 2.05) is 30.3 Å². The second-order valence-corrected chi connectivity index (χ2v) is 7.26. The molecule has 22 heavy (non-hydrogen) atoms. The number of nitrogens with one attached hydrogen (secondary N) is 2. The molecule has 4 bridgehead atoms. The molecule has 4 heteroatoms. The largest absolute Gasteiger partial charge is 0.344 e. The fourth-order valence-electron chi connectivity index (χ4n) is 5.45. The van der Waals surface area contributed by atoms with Crippen molar-refractivity contribution < 1.29 is 9.59 Å². The second kappa shape index (κ2) is 5.11. The van der Waals surface area contributed by atoms with E-state index in [9.17, 15) is 9.59 Å². The summed E-state index contributed by atoms with van der Waals surface area (Å²) in [5.41, 5.74) is 0.0961. The van der Waals surface area contributed by atoms with Crippen molar-refractivity contribution in [1.82, 2.24) is 5.32 Å². The molecule has 0 heterocycles. The van der Waals surface area contributed by atoms with Gasteiger partial charge >= 0.3 is 0 Å². The highest BCUT2D eigenvalue weighted by Crippen LogP contribution is 2.58. The molecule has 0 radical (unpaired) electrons. The predicted octanol–water partition coefficient (Wildman–Crippen LogP) is 2.57. The number of anilines is 1. The maximum Gasteiger partial charge on any atom is 0.250 e. The van der Waals surface area contributed by atoms with Crippen LogP contribution >= 0.6 is 0 Å². The summed E-state index contributed by atoms with van der Waals surface area (Å²) in [5.74, 6) is 2.07. The standard InChI is InChI=1S/C18H22N2O2/c21-11-19-18(17(22)20-16-4-2-1-3-5-16)14-7-12-6-13(9-14)10-15(18)8-12/h1-5,11-15H,6-10H2,(H,19,21)(H,20,22). The van der Waals surface area contributed by atoms with Crippen LogP contribution in [0.2, 0.25) is 0 Å². The molecule has 0 aliphatic heterocycles. The average molecular weight is 298 g/mol. The minimum Gasteiger partial charge on any atom is -0.344 e. The Labute approximate surface area is 130 Å². The van der Waals surface area contributed by atoms with Crippen LogP contribution in [0, 0.1) is 23.7 Å². The smallest absolute Gasteiger partial charge is 0.250 e. The third-order valence-electron chi connectivity index (χ3n) is 6.13. The third-order valence-corrected chi connectivity index (χ3v) is 6.13. The predicted molar refractivity (Wildman–Crippen MR) is 84.0 cm³/mol. The van der Waals surface area contributed by atoms with Crippen LogP contribution in [-0.4, -0.2) is 17.9 Å². The Morgan fingerprint density at radius 3 is 2.14 bits per heavy atom. The Bertz CT molecular complexity index is 556. The van der Waals surface area contributed by atoms with Gasteiger partial charge in [-0.05, 0) is 67.9 Å². The lowest BCUT2D eigenvalue weighted by molar-refractivity contribution is -0.144. The second-order valence-electron chi connectivity index (χ2n) is 7.26. The Balaban J connectivity index is 1.65. The van der Waals surface area contributed by atoms with Crippen LogP contribution in [0.5, 0.6) is 0 Å². The number of benzene rings is 1. The number of carbonyl (C=O) groups excluding carboxylic acids is 2. The number of para-hydroxylation sites is 1. The third kappa shape index (κ3) is 1.97. The van der Waals surface area contributed by atoms with Gasteiger partial charge in [0.1, 0.15) is 5.54 Å². The molecule has 0 saturated heterocycles. The van der Waals surface area contributed by atoms with Crippen molar-refractivity contribution in [2.45, 2.75) is 37.6 Å². The first kappa shape index (κ1) is 13.8. The van der Waals surface area contributed by atoms with Gasteiger partial charge in [0.05, 0.1) is 0 Å². The Hall–Kier alpha value is -1.84. The van der Waals surface area contributed by atoms with Crippen LogP contribution in [0.1, 0.15) is 32.1 Å². The minimum absolute atomic E-state index is 0.0281. The molecule has 116 valence electrons. The van der Waals surface area contributed by atoms with Gasteiger partial charge in [-0.25, -0.2) is 0 Å². The number of hydrogen-bond acceptors (Lipinski definition) is 2. The average Bonchev–Trinajstić information content (AvgIpc) is 2.51. The van der Waals surface area contributed by atoms with Crippen molar-refractivity contribution in [3.05, 3.63) is 30.3 Å². The maximum atomic E-state index is 13.1. The van der Waals surface area contributed by atoms with Crippen molar-refractivity contribution >= 4 is 18.0 Å². The van der Waals surface area contributed by atoms with E-state index in [0.717, 1.165) is 49.6 Å². The van der Waals surface area contributed by atoms with E-state index in [4.69, 9.17) is 0 Å². The van der Waals surface area contributed by atoms with Gasteiger partial charge in [-0.1, -0.05) is 18.2 Å². The van der Waals surface area contributed by atoms with Crippen molar-refractivity contribution in [1.29, 1.82) is 0 Å². The van der Waals surface area contributed by atoms with Gasteiger partial charge in [-0.2, -0.15) is 0 Å². The summed E-state index contributed by atoms with van der Waals surface area (Å²) in [5, 5.41) is 6.00. The van der Waals surface area contributed by atoms with Crippen molar-refractivity contribution in [3.63, 3.8) is 0 Å². The zero-order valence-electron chi connectivity index (χ0n) is 12.6. The summed E-state index contributed by atoms with van der Waals surface area (Å²) < 4.78 is 0. The Morgan fingerprint density at radius 2 is 1.59 bits per heavy atom. The highest BCUT2D eigenvalue weighted by molar-refractivity contribution is 6.00. The molecular weight excluding hydrogens is 276 g/mol. The van der Waals surface area contributed by atoms with E-state index in [1.54, 1.807) is 0 Å². The summed E-state index contributed by atoms with van der Waals surface area (Å²) in [4.78, 5) is 24.3. The molecule has 5 rings (SSSR count). The fraction of sp³-hybridized carbons (Fsp3) is 0.556. The Morgan fingerprint density at radius 1 is 1.00 bits per heavy atom. The number of amides is 2. The quantitative estimate of drug-likeness (QED) is 0.839. The van der Waals surface area contributed by atoms with Crippen molar-refractivity contribution in [3.8, 4) is 0 Å². The summed E-state index contributed by atoms with van der Waals surface area (Å²) in [6.07, 6.45) is 6.37. The van der Waals surface area contributed by atoms with E-state index in [1.165, 1.54) is 6.42 Å². The van der Waals surface area contributed by atoms with Crippen LogP contribution in [0.25, 0.3) is 0 Å². The number of hydrogen-bond donors (Lipinski definition) is 2. The fourth-order valence-corrected chi connectivity index (χ4v) is 5.45. The molecule has 4 saturated carbocycles. The van der Waals surface area contributed by atoms with Crippen molar-refractivity contribution in [2.24, 2.45) is 23.7 Å². The Kier molecular flexibility index (Phi) is 3.21. The molecule has 4 nitrogen and oxygen atoms in total. The van der Waals surface area contributed by atoms with Crippen LogP contribution in [0.15, 0.2) is 30.3 Å². The summed E-state index contributed by atoms with van der Waals surface area (Å²) >= 11 is 0. The zero-order valence-corrected chi connectivity index (χ0v) is 12.6. The first-order chi connectivity index (χ1) is 10.7. The van der Waals surface area contributed by atoms with E-state index in [0.29, 0.717) is 0 Å². The molecule has 2 N–H and O–H groups in total. The molecule has 4 aliphatic carbocycles. The highest BCUT2D eigenvalue weighted by Gasteiger charge is 2.61. The maximum absolute atomic E-state index is 13.1. The van der Waals surface area contributed by atoms with Gasteiger partial charge in [0, 0.05) is 5.69 Å². The number of rotatable bonds is 4. The summed E-state index contributed by atoms with van der Waals surface area (Å²) in [6.45, 7) is 0. The molecule has 4 fully saturated rings. The molecule has 2 amide bonds. The van der Waals surface area contributed by atoms with Gasteiger partial charge in [-0.3, -0.25) is 9.59 Å². The van der Waals surface area contributed by atoms with Crippen LogP contribution in [0.4, 0.5) is 5.69 Å². The monoisotopic (exact) mass is 298 g/mol. The molecule has 0 aromatic heterocycles. The van der Waals surface area contributed by atoms with Gasteiger partial charge < -0.3 is 10.6 Å². The summed E-state index contributed by atoms with van der Waals surface area (Å²) in [7, 11) is 0. The van der Waals surface area contributed by atoms with Crippen molar-refractivity contribution in [2.75, 3.05) is 5.32 Å². The van der Waals surface area contributed by atoms with Crippen LogP contribution in [0.3, 0.4) is 0 Å². The highest BCUT2D eigenvalue weighted by atomic mass is 16.2. The molecule has 4 aliphatic rings. The van der Waals surface area contributed by atoms with Gasteiger partial charge in [0.15, 0.2) is 0 Å². The van der Waals surface area contributed by atoms with E-state index >= 15 is 0 Å². The molecule has 0 atom stereocenters. The van der Waals surface area contributed by atoms with E-state index < -0.39 is 5.54 Å². The van der Waals surface area contributed by atoms with Crippen LogP contribution < -0.4 is 10.6 Å². The minimum atomic E-state index is -0.703. The van der Waals surface area contributed by atoms with Gasteiger partial charge in [0.25, 0.3) is 5.91 Å². The molecule has 1 aromatic rings.